The van der Waals surface area contributed by atoms with Gasteiger partial charge in [-0.3, -0.25) is 4.79 Å². The summed E-state index contributed by atoms with van der Waals surface area (Å²) in [7, 11) is 0. The highest BCUT2D eigenvalue weighted by molar-refractivity contribution is 7.99. The van der Waals surface area contributed by atoms with Gasteiger partial charge < -0.3 is 0 Å². The van der Waals surface area contributed by atoms with Crippen LogP contribution in [-0.4, -0.2) is 17.3 Å². The van der Waals surface area contributed by atoms with Gasteiger partial charge in [-0.1, -0.05) is 39.5 Å². The maximum absolute atomic E-state index is 11.8. The van der Waals surface area contributed by atoms with Crippen LogP contribution in [0.2, 0.25) is 0 Å². The van der Waals surface area contributed by atoms with Crippen molar-refractivity contribution in [2.75, 3.05) is 11.5 Å². The Bertz CT molecular complexity index is 185. The zero-order valence-corrected chi connectivity index (χ0v) is 10.9. The third kappa shape index (κ3) is 5.05. The molecule has 0 amide bonds. The molecule has 0 spiro atoms. The van der Waals surface area contributed by atoms with E-state index in [-0.39, 0.29) is 0 Å². The first-order valence-electron chi connectivity index (χ1n) is 6.34. The van der Waals surface area contributed by atoms with Gasteiger partial charge in [0.15, 0.2) is 0 Å². The van der Waals surface area contributed by atoms with Crippen LogP contribution in [0, 0.1) is 11.8 Å². The van der Waals surface area contributed by atoms with Crippen molar-refractivity contribution in [3.8, 4) is 0 Å². The molecule has 1 atom stereocenters. The second-order valence-electron chi connectivity index (χ2n) is 4.83. The fourth-order valence-electron chi connectivity index (χ4n) is 2.02. The number of Topliss-reactive ketones (excluding diaryl/α,β-unsaturated/α-hetero) is 1. The van der Waals surface area contributed by atoms with E-state index in [1.54, 1.807) is 0 Å². The van der Waals surface area contributed by atoms with Crippen LogP contribution in [0.4, 0.5) is 0 Å². The molecule has 1 saturated carbocycles. The van der Waals surface area contributed by atoms with Crippen molar-refractivity contribution in [2.45, 2.75) is 52.4 Å². The van der Waals surface area contributed by atoms with Crippen molar-refractivity contribution >= 4 is 17.5 Å². The van der Waals surface area contributed by atoms with Crippen LogP contribution < -0.4 is 0 Å². The lowest BCUT2D eigenvalue weighted by molar-refractivity contribution is -0.121. The van der Waals surface area contributed by atoms with E-state index in [0.717, 1.165) is 30.3 Å². The molecule has 1 aliphatic rings. The highest BCUT2D eigenvalue weighted by Crippen LogP contribution is 2.25. The van der Waals surface area contributed by atoms with Crippen molar-refractivity contribution in [1.29, 1.82) is 0 Å². The van der Waals surface area contributed by atoms with Crippen LogP contribution >= 0.6 is 11.8 Å². The molecule has 1 fully saturated rings. The lowest BCUT2D eigenvalue weighted by Crippen LogP contribution is -2.19. The number of hydrogen-bond acceptors (Lipinski definition) is 2. The van der Waals surface area contributed by atoms with E-state index in [1.807, 2.05) is 11.8 Å². The number of thioether (sulfide) groups is 1. The van der Waals surface area contributed by atoms with Crippen LogP contribution in [0.5, 0.6) is 0 Å². The molecule has 0 aliphatic heterocycles. The zero-order chi connectivity index (χ0) is 11.1. The molecular formula is C13H24OS. The average Bonchev–Trinajstić information content (AvgIpc) is 2.29. The smallest absolute Gasteiger partial charge is 0.145 e. The third-order valence-corrected chi connectivity index (χ3v) is 4.70. The first-order valence-corrected chi connectivity index (χ1v) is 7.50. The lowest BCUT2D eigenvalue weighted by Gasteiger charge is -2.20. The van der Waals surface area contributed by atoms with Gasteiger partial charge in [0.2, 0.25) is 0 Å². The predicted octanol–water partition coefficient (Wildman–Crippen LogP) is 3.92. The summed E-state index contributed by atoms with van der Waals surface area (Å²) >= 11 is 1.84. The maximum atomic E-state index is 11.8. The van der Waals surface area contributed by atoms with Crippen molar-refractivity contribution in [3.05, 3.63) is 0 Å². The molecule has 1 nitrogen and oxygen atoms in total. The minimum Gasteiger partial charge on any atom is -0.298 e. The van der Waals surface area contributed by atoms with Crippen molar-refractivity contribution in [1.82, 2.24) is 0 Å². The quantitative estimate of drug-likeness (QED) is 0.685. The normalized spacial score (nSPS) is 20.1. The number of ketones is 1. The van der Waals surface area contributed by atoms with Gasteiger partial charge >= 0.3 is 0 Å². The van der Waals surface area contributed by atoms with E-state index in [0.29, 0.717) is 11.7 Å². The topological polar surface area (TPSA) is 17.1 Å². The monoisotopic (exact) mass is 228 g/mol. The summed E-state index contributed by atoms with van der Waals surface area (Å²) in [4.78, 5) is 11.8. The minimum atomic E-state index is 0.406. The fraction of sp³-hybridized carbons (Fsp3) is 0.923. The van der Waals surface area contributed by atoms with Gasteiger partial charge in [0.25, 0.3) is 0 Å². The molecule has 0 saturated heterocycles. The highest BCUT2D eigenvalue weighted by Gasteiger charge is 2.20. The second kappa shape index (κ2) is 7.32. The van der Waals surface area contributed by atoms with E-state index in [2.05, 4.69) is 13.8 Å². The number of carbonyl (C=O) groups is 1. The molecule has 0 bridgehead atoms. The molecule has 1 unspecified atom stereocenters. The molecule has 15 heavy (non-hydrogen) atoms. The minimum absolute atomic E-state index is 0.406. The summed E-state index contributed by atoms with van der Waals surface area (Å²) in [5.41, 5.74) is 0. The van der Waals surface area contributed by atoms with Crippen LogP contribution in [0.3, 0.4) is 0 Å². The van der Waals surface area contributed by atoms with E-state index in [4.69, 9.17) is 0 Å². The Kier molecular flexibility index (Phi) is 6.39. The van der Waals surface area contributed by atoms with E-state index in [9.17, 15) is 4.79 Å². The molecule has 0 N–H and O–H groups in total. The van der Waals surface area contributed by atoms with E-state index < -0.39 is 0 Å². The molecule has 0 aromatic heterocycles. The highest BCUT2D eigenvalue weighted by atomic mass is 32.2. The second-order valence-corrected chi connectivity index (χ2v) is 5.86. The Hall–Kier alpha value is 0.0200. The molecular weight excluding hydrogens is 204 g/mol. The standard InChI is InChI=1S/C13H24OS/c1-3-11(2)9-15-10-13(14)12-7-5-4-6-8-12/h11-12H,3-10H2,1-2H3. The zero-order valence-electron chi connectivity index (χ0n) is 10.1. The summed E-state index contributed by atoms with van der Waals surface area (Å²) in [6, 6.07) is 0. The Morgan fingerprint density at radius 1 is 1.33 bits per heavy atom. The van der Waals surface area contributed by atoms with Crippen LogP contribution in [-0.2, 0) is 4.79 Å². The summed E-state index contributed by atoms with van der Waals surface area (Å²) in [5, 5.41) is 0. The third-order valence-electron chi connectivity index (χ3n) is 3.40. The Balaban J connectivity index is 2.12. The number of hydrogen-bond donors (Lipinski definition) is 0. The number of rotatable bonds is 6. The SMILES string of the molecule is CCC(C)CSCC(=O)C1CCCCC1. The van der Waals surface area contributed by atoms with Crippen molar-refractivity contribution in [3.63, 3.8) is 0 Å². The Morgan fingerprint density at radius 2 is 2.00 bits per heavy atom. The summed E-state index contributed by atoms with van der Waals surface area (Å²) in [5.74, 6) is 3.59. The van der Waals surface area contributed by atoms with E-state index >= 15 is 0 Å². The maximum Gasteiger partial charge on any atom is 0.145 e. The number of carbonyl (C=O) groups excluding carboxylic acids is 1. The van der Waals surface area contributed by atoms with Gasteiger partial charge in [-0.25, -0.2) is 0 Å². The Morgan fingerprint density at radius 3 is 2.60 bits per heavy atom. The average molecular weight is 228 g/mol. The van der Waals surface area contributed by atoms with Gasteiger partial charge in [-0.05, 0) is 24.5 Å². The van der Waals surface area contributed by atoms with Crippen LogP contribution in [0.25, 0.3) is 0 Å². The van der Waals surface area contributed by atoms with Gasteiger partial charge in [0.05, 0.1) is 5.75 Å². The lowest BCUT2D eigenvalue weighted by atomic mass is 9.87. The Labute approximate surface area is 98.4 Å². The van der Waals surface area contributed by atoms with E-state index in [1.165, 1.54) is 25.7 Å². The van der Waals surface area contributed by atoms with Crippen molar-refractivity contribution in [2.24, 2.45) is 11.8 Å². The van der Waals surface area contributed by atoms with Gasteiger partial charge in [0, 0.05) is 5.92 Å². The summed E-state index contributed by atoms with van der Waals surface area (Å²) in [6.07, 6.45) is 7.42. The molecule has 1 aliphatic carbocycles. The molecule has 0 aromatic carbocycles. The molecule has 88 valence electrons. The van der Waals surface area contributed by atoms with Crippen LogP contribution in [0.1, 0.15) is 52.4 Å². The predicted molar refractivity (Wildman–Crippen MR) is 68.4 cm³/mol. The molecule has 1 rings (SSSR count). The van der Waals surface area contributed by atoms with Gasteiger partial charge in [-0.2, -0.15) is 11.8 Å². The molecule has 0 radical (unpaired) electrons. The van der Waals surface area contributed by atoms with Gasteiger partial charge in [-0.15, -0.1) is 0 Å². The summed E-state index contributed by atoms with van der Waals surface area (Å²) in [6.45, 7) is 4.48. The van der Waals surface area contributed by atoms with Crippen LogP contribution in [0.15, 0.2) is 0 Å². The first kappa shape index (κ1) is 13.1. The van der Waals surface area contributed by atoms with Gasteiger partial charge in [0.1, 0.15) is 5.78 Å². The molecule has 0 aromatic rings. The van der Waals surface area contributed by atoms with Crippen molar-refractivity contribution < 1.29 is 4.79 Å². The first-order chi connectivity index (χ1) is 7.24. The molecule has 2 heteroatoms. The summed E-state index contributed by atoms with van der Waals surface area (Å²) < 4.78 is 0. The fourth-order valence-corrected chi connectivity index (χ4v) is 3.21. The molecule has 0 heterocycles. The largest absolute Gasteiger partial charge is 0.298 e.